The molecular weight excluding hydrogens is 491 g/mol. The van der Waals surface area contributed by atoms with Gasteiger partial charge >= 0.3 is 0 Å². The molecule has 2 aliphatic heterocycles. The summed E-state index contributed by atoms with van der Waals surface area (Å²) in [7, 11) is 0. The van der Waals surface area contributed by atoms with E-state index in [1.54, 1.807) is 0 Å². The fourth-order valence-corrected chi connectivity index (χ4v) is 5.74. The van der Waals surface area contributed by atoms with Crippen LogP contribution in [0, 0.1) is 5.92 Å². The van der Waals surface area contributed by atoms with E-state index < -0.39 is 0 Å². The predicted molar refractivity (Wildman–Crippen MR) is 151 cm³/mol. The molecule has 3 aromatic rings. The maximum Gasteiger partial charge on any atom is 0.257 e. The van der Waals surface area contributed by atoms with Gasteiger partial charge < -0.3 is 9.42 Å². The zero-order valence-corrected chi connectivity index (χ0v) is 23.2. The highest BCUT2D eigenvalue weighted by atomic mass is 35.5. The molecule has 2 aliphatic rings. The summed E-state index contributed by atoms with van der Waals surface area (Å²) in [5.74, 6) is 2.16. The number of fused-ring (bicyclic) bond motifs is 1. The van der Waals surface area contributed by atoms with Crippen molar-refractivity contribution in [3.8, 4) is 11.5 Å². The average Bonchev–Trinajstić information content (AvgIpc) is 3.34. The third-order valence-corrected chi connectivity index (χ3v) is 7.86. The number of hydrogen-bond donors (Lipinski definition) is 0. The Morgan fingerprint density at radius 3 is 2.31 bits per heavy atom. The molecule has 3 heterocycles. The summed E-state index contributed by atoms with van der Waals surface area (Å²) in [6.07, 6.45) is 7.02. The van der Waals surface area contributed by atoms with Gasteiger partial charge in [-0.15, -0.1) is 24.8 Å². The molecule has 0 amide bonds. The van der Waals surface area contributed by atoms with Crippen LogP contribution in [0.4, 0.5) is 0 Å². The molecule has 1 fully saturated rings. The largest absolute Gasteiger partial charge is 0.334 e. The molecule has 196 valence electrons. The Hall–Kier alpha value is -1.92. The number of rotatable bonds is 8. The molecular formula is C29H40Cl2N4O. The van der Waals surface area contributed by atoms with E-state index in [1.807, 2.05) is 0 Å². The van der Waals surface area contributed by atoms with Crippen LogP contribution < -0.4 is 0 Å². The summed E-state index contributed by atoms with van der Waals surface area (Å²) >= 11 is 0. The van der Waals surface area contributed by atoms with Crippen molar-refractivity contribution >= 4 is 24.8 Å². The molecule has 2 aromatic carbocycles. The highest BCUT2D eigenvalue weighted by Gasteiger charge is 2.25. The molecule has 36 heavy (non-hydrogen) atoms. The normalized spacial score (nSPS) is 16.9. The van der Waals surface area contributed by atoms with Crippen LogP contribution in [0.25, 0.3) is 11.5 Å². The lowest BCUT2D eigenvalue weighted by Crippen LogP contribution is -2.41. The first-order valence-corrected chi connectivity index (χ1v) is 13.2. The van der Waals surface area contributed by atoms with Crippen LogP contribution in [0.15, 0.2) is 53.1 Å². The summed E-state index contributed by atoms with van der Waals surface area (Å²) in [4.78, 5) is 9.92. The van der Waals surface area contributed by atoms with Gasteiger partial charge in [0.25, 0.3) is 5.89 Å². The fraction of sp³-hybridized carbons (Fsp3) is 0.517. The highest BCUT2D eigenvalue weighted by Crippen LogP contribution is 2.26. The first kappa shape index (κ1) is 28.6. The molecule has 0 atom stereocenters. The lowest BCUT2D eigenvalue weighted by molar-refractivity contribution is 0.125. The molecule has 0 unspecified atom stereocenters. The first-order chi connectivity index (χ1) is 16.7. The molecule has 1 aromatic heterocycles. The number of aromatic nitrogens is 2. The second-order valence-electron chi connectivity index (χ2n) is 10.1. The van der Waals surface area contributed by atoms with Crippen molar-refractivity contribution in [3.05, 3.63) is 71.0 Å². The Labute approximate surface area is 228 Å². The van der Waals surface area contributed by atoms with Crippen molar-refractivity contribution < 1.29 is 4.52 Å². The summed E-state index contributed by atoms with van der Waals surface area (Å²) < 4.78 is 5.63. The standard InChI is InChI=1S/C29H38N4O.2ClH/c1-3-27(4-2)33-17-13-22(14-18-33)19-28-30-29(34-31-28)25-11-9-23(10-12-25)20-32-16-15-24-7-5-6-8-26(24)21-32;;/h5-12,22,27H,3-4,13-21H2,1-2H3;2*1H. The van der Waals surface area contributed by atoms with Crippen LogP contribution in [0.3, 0.4) is 0 Å². The minimum absolute atomic E-state index is 0. The first-order valence-electron chi connectivity index (χ1n) is 13.2. The molecule has 0 saturated carbocycles. The van der Waals surface area contributed by atoms with Crippen LogP contribution in [0.5, 0.6) is 0 Å². The van der Waals surface area contributed by atoms with Crippen LogP contribution in [0.2, 0.25) is 0 Å². The summed E-state index contributed by atoms with van der Waals surface area (Å²) in [5.41, 5.74) is 5.30. The Morgan fingerprint density at radius 1 is 0.917 bits per heavy atom. The van der Waals surface area contributed by atoms with Gasteiger partial charge in [0, 0.05) is 37.7 Å². The van der Waals surface area contributed by atoms with Gasteiger partial charge in [0.15, 0.2) is 5.82 Å². The Kier molecular flexibility index (Phi) is 10.8. The maximum absolute atomic E-state index is 5.63. The molecule has 7 heteroatoms. The Balaban J connectivity index is 0.00000180. The van der Waals surface area contributed by atoms with Gasteiger partial charge in [0.1, 0.15) is 0 Å². The van der Waals surface area contributed by atoms with Crippen molar-refractivity contribution in [1.29, 1.82) is 0 Å². The van der Waals surface area contributed by atoms with E-state index in [1.165, 1.54) is 55.5 Å². The topological polar surface area (TPSA) is 45.4 Å². The van der Waals surface area contributed by atoms with Crippen LogP contribution in [-0.4, -0.2) is 45.6 Å². The van der Waals surface area contributed by atoms with E-state index in [0.29, 0.717) is 11.8 Å². The third kappa shape index (κ3) is 6.89. The quantitative estimate of drug-likeness (QED) is 0.329. The Bertz CT molecular complexity index is 1060. The highest BCUT2D eigenvalue weighted by molar-refractivity contribution is 5.85. The molecule has 0 N–H and O–H groups in total. The van der Waals surface area contributed by atoms with Gasteiger partial charge in [-0.3, -0.25) is 4.90 Å². The molecule has 5 nitrogen and oxygen atoms in total. The van der Waals surface area contributed by atoms with Gasteiger partial charge in [-0.25, -0.2) is 0 Å². The van der Waals surface area contributed by atoms with E-state index in [-0.39, 0.29) is 24.8 Å². The number of benzene rings is 2. The molecule has 0 bridgehead atoms. The van der Waals surface area contributed by atoms with Gasteiger partial charge in [-0.1, -0.05) is 55.4 Å². The van der Waals surface area contributed by atoms with Crippen molar-refractivity contribution in [2.75, 3.05) is 19.6 Å². The lowest BCUT2D eigenvalue weighted by atomic mass is 9.92. The molecule has 5 rings (SSSR count). The van der Waals surface area contributed by atoms with Crippen molar-refractivity contribution in [2.45, 2.75) is 71.5 Å². The zero-order valence-electron chi connectivity index (χ0n) is 21.6. The van der Waals surface area contributed by atoms with Gasteiger partial charge in [0.2, 0.25) is 0 Å². The number of nitrogens with zero attached hydrogens (tertiary/aromatic N) is 4. The fourth-order valence-electron chi connectivity index (χ4n) is 5.74. The minimum Gasteiger partial charge on any atom is -0.334 e. The van der Waals surface area contributed by atoms with E-state index >= 15 is 0 Å². The third-order valence-electron chi connectivity index (χ3n) is 7.86. The SMILES string of the molecule is CCC(CC)N1CCC(Cc2noc(-c3ccc(CN4CCc5ccccc5C4)cc3)n2)CC1.Cl.Cl. The van der Waals surface area contributed by atoms with Crippen molar-refractivity contribution in [3.63, 3.8) is 0 Å². The summed E-state index contributed by atoms with van der Waals surface area (Å²) in [6.45, 7) is 10.1. The lowest BCUT2D eigenvalue weighted by Gasteiger charge is -2.36. The van der Waals surface area contributed by atoms with Crippen LogP contribution in [0.1, 0.15) is 62.0 Å². The van der Waals surface area contributed by atoms with E-state index in [0.717, 1.165) is 49.9 Å². The minimum atomic E-state index is 0. The van der Waals surface area contributed by atoms with Crippen LogP contribution >= 0.6 is 24.8 Å². The summed E-state index contributed by atoms with van der Waals surface area (Å²) in [6, 6.07) is 18.2. The van der Waals surface area contributed by atoms with Crippen molar-refractivity contribution in [2.24, 2.45) is 5.92 Å². The molecule has 0 aliphatic carbocycles. The molecule has 0 radical (unpaired) electrons. The van der Waals surface area contributed by atoms with Gasteiger partial charge in [-0.05, 0) is 79.9 Å². The zero-order chi connectivity index (χ0) is 23.3. The number of hydrogen-bond acceptors (Lipinski definition) is 5. The van der Waals surface area contributed by atoms with E-state index in [4.69, 9.17) is 9.51 Å². The average molecular weight is 532 g/mol. The predicted octanol–water partition coefficient (Wildman–Crippen LogP) is 6.58. The van der Waals surface area contributed by atoms with Crippen LogP contribution in [-0.2, 0) is 25.9 Å². The second-order valence-corrected chi connectivity index (χ2v) is 10.1. The number of likely N-dealkylation sites (tertiary alicyclic amines) is 1. The van der Waals surface area contributed by atoms with Gasteiger partial charge in [-0.2, -0.15) is 4.98 Å². The van der Waals surface area contributed by atoms with E-state index in [2.05, 4.69) is 77.3 Å². The monoisotopic (exact) mass is 530 g/mol. The molecule has 0 spiro atoms. The van der Waals surface area contributed by atoms with Gasteiger partial charge in [0.05, 0.1) is 0 Å². The number of halogens is 2. The smallest absolute Gasteiger partial charge is 0.257 e. The Morgan fingerprint density at radius 2 is 1.61 bits per heavy atom. The van der Waals surface area contributed by atoms with Crippen molar-refractivity contribution in [1.82, 2.24) is 19.9 Å². The van der Waals surface area contributed by atoms with E-state index in [9.17, 15) is 0 Å². The summed E-state index contributed by atoms with van der Waals surface area (Å²) in [5, 5.41) is 4.30. The second kappa shape index (κ2) is 13.6. The maximum atomic E-state index is 5.63. The molecule has 1 saturated heterocycles. The number of piperidine rings is 1.